The van der Waals surface area contributed by atoms with Gasteiger partial charge >= 0.3 is 17.5 Å². The minimum atomic E-state index is -5.06. The van der Waals surface area contributed by atoms with Crippen LogP contribution in [0.4, 0.5) is 36.4 Å². The van der Waals surface area contributed by atoms with E-state index in [1.807, 2.05) is 0 Å². The topological polar surface area (TPSA) is 55.4 Å². The minimum Gasteiger partial charge on any atom is -0.382 e. The second-order valence-electron chi connectivity index (χ2n) is 4.74. The summed E-state index contributed by atoms with van der Waals surface area (Å²) in [6, 6.07) is 1.70. The van der Waals surface area contributed by atoms with E-state index in [0.29, 0.717) is 6.07 Å². The van der Waals surface area contributed by atoms with Gasteiger partial charge in [-0.25, -0.2) is 4.99 Å². The van der Waals surface area contributed by atoms with Crippen LogP contribution in [0.15, 0.2) is 22.0 Å². The van der Waals surface area contributed by atoms with Gasteiger partial charge in [0.15, 0.2) is 5.84 Å². The van der Waals surface area contributed by atoms with Crippen molar-refractivity contribution in [2.45, 2.75) is 29.3 Å². The molecule has 0 aliphatic carbocycles. The molecule has 0 aromatic heterocycles. The van der Waals surface area contributed by atoms with Crippen LogP contribution in [0, 0.1) is 6.92 Å². The van der Waals surface area contributed by atoms with Gasteiger partial charge in [-0.05, 0) is 36.2 Å². The lowest BCUT2D eigenvalue weighted by Crippen LogP contribution is -2.47. The van der Waals surface area contributed by atoms with E-state index in [1.165, 1.54) is 6.92 Å². The van der Waals surface area contributed by atoms with Gasteiger partial charge in [0.05, 0.1) is 21.5 Å². The predicted octanol–water partition coefficient (Wildman–Crippen LogP) is 4.77. The standard InChI is InChI=1S/C12H9Cl2F7N2OS/c1-5-2-6(13)7(3-8(5)25(24)4-10(15,16)17)23-9(22)11(18,19)12(14,20)21/h2-3H,4H2,1H3,(H2,22,23). The van der Waals surface area contributed by atoms with Crippen molar-refractivity contribution in [3.8, 4) is 0 Å². The van der Waals surface area contributed by atoms with E-state index < -0.39 is 50.5 Å². The zero-order valence-electron chi connectivity index (χ0n) is 12.1. The molecule has 0 heterocycles. The number of rotatable bonds is 5. The van der Waals surface area contributed by atoms with Gasteiger partial charge in [-0.3, -0.25) is 4.21 Å². The maximum atomic E-state index is 13.3. The average Bonchev–Trinajstić information content (AvgIpc) is 2.38. The quantitative estimate of drug-likeness (QED) is 0.315. The highest BCUT2D eigenvalue weighted by atomic mass is 35.5. The van der Waals surface area contributed by atoms with Gasteiger partial charge in [0.1, 0.15) is 5.75 Å². The highest BCUT2D eigenvalue weighted by Gasteiger charge is 2.58. The lowest BCUT2D eigenvalue weighted by molar-refractivity contribution is -0.108. The first kappa shape index (κ1) is 22.0. The summed E-state index contributed by atoms with van der Waals surface area (Å²) in [7, 11) is -2.59. The minimum absolute atomic E-state index is 0.0551. The highest BCUT2D eigenvalue weighted by molar-refractivity contribution is 7.85. The third-order valence-corrected chi connectivity index (χ3v) is 4.76. The lowest BCUT2D eigenvalue weighted by atomic mass is 10.2. The van der Waals surface area contributed by atoms with Gasteiger partial charge in [0.25, 0.3) is 0 Å². The molecule has 0 aliphatic heterocycles. The summed E-state index contributed by atoms with van der Waals surface area (Å²) in [6.45, 7) is 1.27. The summed E-state index contributed by atoms with van der Waals surface area (Å²) in [4.78, 5) is 2.60. The van der Waals surface area contributed by atoms with Crippen molar-refractivity contribution in [2.75, 3.05) is 5.75 Å². The molecular weight excluding hydrogens is 424 g/mol. The Labute approximate surface area is 149 Å². The first-order chi connectivity index (χ1) is 11.1. The van der Waals surface area contributed by atoms with Gasteiger partial charge in [0, 0.05) is 4.90 Å². The van der Waals surface area contributed by atoms with Gasteiger partial charge in [-0.15, -0.1) is 0 Å². The molecule has 1 aromatic rings. The Morgan fingerprint density at radius 1 is 1.20 bits per heavy atom. The van der Waals surface area contributed by atoms with E-state index in [2.05, 4.69) is 16.6 Å². The molecule has 0 bridgehead atoms. The van der Waals surface area contributed by atoms with Crippen molar-refractivity contribution in [2.24, 2.45) is 10.7 Å². The number of aryl methyl sites for hydroxylation is 1. The molecule has 25 heavy (non-hydrogen) atoms. The summed E-state index contributed by atoms with van der Waals surface area (Å²) in [5, 5.41) is -5.43. The Balaban J connectivity index is 3.37. The second kappa shape index (κ2) is 7.28. The second-order valence-corrected chi connectivity index (χ2v) is 7.04. The molecule has 1 aromatic carbocycles. The third-order valence-electron chi connectivity index (χ3n) is 2.70. The van der Waals surface area contributed by atoms with Gasteiger partial charge in [0.2, 0.25) is 0 Å². The summed E-state index contributed by atoms with van der Waals surface area (Å²) in [5.74, 6) is -8.66. The fourth-order valence-electron chi connectivity index (χ4n) is 1.54. The van der Waals surface area contributed by atoms with Crippen LogP contribution in [0.25, 0.3) is 0 Å². The maximum Gasteiger partial charge on any atom is 0.400 e. The van der Waals surface area contributed by atoms with Crippen LogP contribution in [0.3, 0.4) is 0 Å². The Morgan fingerprint density at radius 3 is 2.16 bits per heavy atom. The molecular formula is C12H9Cl2F7N2OS. The monoisotopic (exact) mass is 432 g/mol. The molecule has 13 heteroatoms. The maximum absolute atomic E-state index is 13.3. The Hall–Kier alpha value is -1.07. The molecule has 0 saturated heterocycles. The summed E-state index contributed by atoms with van der Waals surface area (Å²) >= 11 is 9.95. The molecule has 0 radical (unpaired) electrons. The van der Waals surface area contributed by atoms with Gasteiger partial charge in [-0.2, -0.15) is 30.7 Å². The Bertz CT molecular complexity index is 717. The fourth-order valence-corrected chi connectivity index (χ4v) is 3.02. The van der Waals surface area contributed by atoms with Gasteiger partial charge in [-0.1, -0.05) is 11.6 Å². The van der Waals surface area contributed by atoms with Crippen LogP contribution in [0.5, 0.6) is 0 Å². The van der Waals surface area contributed by atoms with E-state index in [1.54, 1.807) is 0 Å². The summed E-state index contributed by atoms with van der Waals surface area (Å²) in [5.41, 5.74) is 4.22. The van der Waals surface area contributed by atoms with E-state index in [0.717, 1.165) is 6.07 Å². The Kier molecular flexibility index (Phi) is 6.39. The summed E-state index contributed by atoms with van der Waals surface area (Å²) < 4.78 is 101. The van der Waals surface area contributed by atoms with Gasteiger partial charge < -0.3 is 5.73 Å². The zero-order valence-corrected chi connectivity index (χ0v) is 14.4. The largest absolute Gasteiger partial charge is 0.400 e. The molecule has 1 unspecified atom stereocenters. The van der Waals surface area contributed by atoms with E-state index in [9.17, 15) is 34.9 Å². The van der Waals surface area contributed by atoms with Crippen LogP contribution in [0.2, 0.25) is 5.02 Å². The van der Waals surface area contributed by atoms with Crippen molar-refractivity contribution in [3.05, 3.63) is 22.7 Å². The van der Waals surface area contributed by atoms with Crippen molar-refractivity contribution in [1.29, 1.82) is 0 Å². The predicted molar refractivity (Wildman–Crippen MR) is 80.5 cm³/mol. The smallest absolute Gasteiger partial charge is 0.382 e. The highest BCUT2D eigenvalue weighted by Crippen LogP contribution is 2.39. The van der Waals surface area contributed by atoms with Crippen LogP contribution in [0.1, 0.15) is 5.56 Å². The molecule has 2 N–H and O–H groups in total. The molecule has 3 nitrogen and oxygen atoms in total. The zero-order chi connectivity index (χ0) is 19.8. The molecule has 0 fully saturated rings. The van der Waals surface area contributed by atoms with Crippen LogP contribution in [-0.2, 0) is 10.8 Å². The number of hydrogen-bond donors (Lipinski definition) is 1. The van der Waals surface area contributed by atoms with Crippen LogP contribution in [-0.4, -0.2) is 33.3 Å². The third kappa shape index (κ3) is 5.45. The van der Waals surface area contributed by atoms with Crippen LogP contribution >= 0.6 is 23.2 Å². The van der Waals surface area contributed by atoms with Crippen LogP contribution < -0.4 is 5.73 Å². The normalized spacial score (nSPS) is 15.4. The first-order valence-electron chi connectivity index (χ1n) is 6.10. The van der Waals surface area contributed by atoms with Crippen molar-refractivity contribution < 1.29 is 34.9 Å². The molecule has 0 saturated carbocycles. The number of hydrogen-bond acceptors (Lipinski definition) is 2. The number of benzene rings is 1. The van der Waals surface area contributed by atoms with E-state index in [4.69, 9.17) is 17.3 Å². The SMILES string of the molecule is Cc1cc(Cl)c(N=C(N)C(F)(F)C(F)(F)Cl)cc1S(=O)CC(F)(F)F. The van der Waals surface area contributed by atoms with Crippen molar-refractivity contribution in [1.82, 2.24) is 0 Å². The number of nitrogens with two attached hydrogens (primary N) is 1. The molecule has 1 atom stereocenters. The summed E-state index contributed by atoms with van der Waals surface area (Å²) in [6.07, 6.45) is -4.76. The number of aliphatic imine (C=N–C) groups is 1. The molecule has 142 valence electrons. The fraction of sp³-hybridized carbons (Fsp3) is 0.417. The number of alkyl halides is 8. The number of halogens is 9. The average molecular weight is 433 g/mol. The molecule has 1 rings (SSSR count). The van der Waals surface area contributed by atoms with Crippen molar-refractivity contribution in [3.63, 3.8) is 0 Å². The Morgan fingerprint density at radius 2 is 1.72 bits per heavy atom. The molecule has 0 aliphatic rings. The number of amidine groups is 1. The van der Waals surface area contributed by atoms with E-state index >= 15 is 0 Å². The molecule has 0 amide bonds. The van der Waals surface area contributed by atoms with Crippen molar-refractivity contribution >= 4 is 45.5 Å². The van der Waals surface area contributed by atoms with E-state index in [-0.39, 0.29) is 10.6 Å². The lowest BCUT2D eigenvalue weighted by Gasteiger charge is -2.20. The number of nitrogens with zero attached hydrogens (tertiary/aromatic N) is 1. The molecule has 0 spiro atoms. The first-order valence-corrected chi connectivity index (χ1v) is 8.18.